The lowest BCUT2D eigenvalue weighted by molar-refractivity contribution is -0.119. The number of fused-ring (bicyclic) bond motifs is 1. The summed E-state index contributed by atoms with van der Waals surface area (Å²) in [5.41, 5.74) is 2.95. The molecule has 11 nitrogen and oxygen atoms in total. The topological polar surface area (TPSA) is 132 Å². The highest BCUT2D eigenvalue weighted by Crippen LogP contribution is 2.40. The molecule has 1 atom stereocenters. The number of nitrogens with zero attached hydrogens (tertiary/aromatic N) is 4. The number of nitrogens with one attached hydrogen (secondary N) is 3. The zero-order valence-electron chi connectivity index (χ0n) is 27.2. The third-order valence-corrected chi connectivity index (χ3v) is 9.18. The van der Waals surface area contributed by atoms with Crippen molar-refractivity contribution in [2.24, 2.45) is 14.1 Å². The van der Waals surface area contributed by atoms with E-state index in [9.17, 15) is 23.2 Å². The van der Waals surface area contributed by atoms with Crippen LogP contribution in [0.3, 0.4) is 0 Å². The van der Waals surface area contributed by atoms with E-state index in [0.29, 0.717) is 58.5 Å². The van der Waals surface area contributed by atoms with Crippen LogP contribution in [0.2, 0.25) is 5.02 Å². The number of aryl methyl sites for hydroxylation is 1. The number of carbonyl (C=O) groups excluding carboxylic acids is 1. The van der Waals surface area contributed by atoms with E-state index in [4.69, 9.17) is 21.3 Å². The molecule has 0 spiro atoms. The number of ether oxygens (including phenoxy) is 1. The van der Waals surface area contributed by atoms with Gasteiger partial charge in [-0.3, -0.25) is 18.7 Å². The first-order valence-electron chi connectivity index (χ1n) is 15.6. The molecule has 2 aromatic carbocycles. The summed E-state index contributed by atoms with van der Waals surface area (Å²) in [5, 5.41) is 9.83. The summed E-state index contributed by atoms with van der Waals surface area (Å²) in [6, 6.07) is 15.9. The zero-order chi connectivity index (χ0) is 35.0. The minimum atomic E-state index is -2.93. The second-order valence-electron chi connectivity index (χ2n) is 11.9. The van der Waals surface area contributed by atoms with E-state index in [2.05, 4.69) is 20.9 Å². The van der Waals surface area contributed by atoms with Crippen molar-refractivity contribution in [2.75, 3.05) is 19.0 Å². The highest BCUT2D eigenvalue weighted by atomic mass is 35.5. The Bertz CT molecular complexity index is 2220. The Kier molecular flexibility index (Phi) is 9.48. The fraction of sp³-hybridized carbons (Fsp3) is 0.286. The quantitative estimate of drug-likeness (QED) is 0.178. The first-order chi connectivity index (χ1) is 23.5. The largest absolute Gasteiger partial charge is 0.481 e. The summed E-state index contributed by atoms with van der Waals surface area (Å²) in [5.74, 6) is 0.417. The zero-order valence-corrected chi connectivity index (χ0v) is 28.0. The molecule has 1 aliphatic heterocycles. The molecule has 6 rings (SSSR count). The number of aromatic nitrogens is 4. The van der Waals surface area contributed by atoms with Crippen molar-refractivity contribution in [3.63, 3.8) is 0 Å². The van der Waals surface area contributed by atoms with E-state index in [1.807, 2.05) is 43.3 Å². The molecule has 1 aliphatic rings. The molecule has 0 unspecified atom stereocenters. The van der Waals surface area contributed by atoms with Crippen LogP contribution in [0.15, 0.2) is 64.2 Å². The molecule has 1 amide bonds. The van der Waals surface area contributed by atoms with E-state index in [0.717, 1.165) is 32.7 Å². The van der Waals surface area contributed by atoms with Crippen molar-refractivity contribution in [3.8, 4) is 28.3 Å². The SMILES string of the molecule is COc1nc(-c2cccc(-c3cccc(Nc4nc(C(F)F)cc5c4c(=O)n(C)c(=O)n5C)c3C)c2Cl)ccc1CNC[C@@H]1CCC(=O)N1. The Balaban J connectivity index is 1.33. The third-order valence-electron chi connectivity index (χ3n) is 8.77. The van der Waals surface area contributed by atoms with Gasteiger partial charge < -0.3 is 20.7 Å². The summed E-state index contributed by atoms with van der Waals surface area (Å²) in [6.07, 6.45) is -1.59. The van der Waals surface area contributed by atoms with Gasteiger partial charge in [-0.05, 0) is 42.7 Å². The molecule has 0 bridgehead atoms. The maximum atomic E-state index is 13.9. The van der Waals surface area contributed by atoms with E-state index in [1.165, 1.54) is 14.1 Å². The number of amides is 1. The monoisotopic (exact) mass is 689 g/mol. The lowest BCUT2D eigenvalue weighted by atomic mass is 9.96. The summed E-state index contributed by atoms with van der Waals surface area (Å²) in [7, 11) is 4.29. The second kappa shape index (κ2) is 13.8. The average Bonchev–Trinajstić information content (AvgIpc) is 3.51. The van der Waals surface area contributed by atoms with Crippen LogP contribution in [0.5, 0.6) is 5.88 Å². The molecule has 254 valence electrons. The van der Waals surface area contributed by atoms with Gasteiger partial charge in [0, 0.05) is 62.0 Å². The van der Waals surface area contributed by atoms with Crippen molar-refractivity contribution < 1.29 is 18.3 Å². The van der Waals surface area contributed by atoms with E-state index >= 15 is 0 Å². The van der Waals surface area contributed by atoms with Gasteiger partial charge in [-0.15, -0.1) is 0 Å². The highest BCUT2D eigenvalue weighted by Gasteiger charge is 2.22. The Morgan fingerprint density at radius 2 is 1.76 bits per heavy atom. The van der Waals surface area contributed by atoms with Crippen LogP contribution in [0.1, 0.15) is 36.1 Å². The molecule has 0 saturated carbocycles. The average molecular weight is 690 g/mol. The molecule has 1 fully saturated rings. The van der Waals surface area contributed by atoms with E-state index < -0.39 is 23.4 Å². The number of alkyl halides is 2. The molecule has 3 N–H and O–H groups in total. The normalized spacial score (nSPS) is 14.4. The van der Waals surface area contributed by atoms with Gasteiger partial charge in [0.15, 0.2) is 0 Å². The maximum Gasteiger partial charge on any atom is 0.330 e. The smallest absolute Gasteiger partial charge is 0.330 e. The number of anilines is 2. The summed E-state index contributed by atoms with van der Waals surface area (Å²) in [6.45, 7) is 2.98. The number of methoxy groups -OCH3 is 1. The maximum absolute atomic E-state index is 13.9. The molecule has 3 aromatic heterocycles. The van der Waals surface area contributed by atoms with Gasteiger partial charge in [-0.1, -0.05) is 48.0 Å². The first kappa shape index (κ1) is 33.7. The minimum absolute atomic E-state index is 0.00260. The fourth-order valence-electron chi connectivity index (χ4n) is 6.08. The van der Waals surface area contributed by atoms with Crippen LogP contribution < -0.4 is 31.9 Å². The molecule has 0 aliphatic carbocycles. The lowest BCUT2D eigenvalue weighted by Crippen LogP contribution is -2.37. The van der Waals surface area contributed by atoms with Crippen molar-refractivity contribution in [3.05, 3.63) is 97.3 Å². The highest BCUT2D eigenvalue weighted by molar-refractivity contribution is 6.36. The first-order valence-corrected chi connectivity index (χ1v) is 15.9. The number of pyridine rings is 2. The Hall–Kier alpha value is -5.14. The van der Waals surface area contributed by atoms with Crippen molar-refractivity contribution in [1.82, 2.24) is 29.7 Å². The Labute approximate surface area is 284 Å². The molecule has 14 heteroatoms. The van der Waals surface area contributed by atoms with Gasteiger partial charge in [0.25, 0.3) is 12.0 Å². The number of benzene rings is 2. The van der Waals surface area contributed by atoms with Gasteiger partial charge in [0.1, 0.15) is 16.9 Å². The van der Waals surface area contributed by atoms with Crippen LogP contribution in [-0.2, 0) is 25.4 Å². The molecule has 49 heavy (non-hydrogen) atoms. The molecular weight excluding hydrogens is 656 g/mol. The molecule has 4 heterocycles. The number of carbonyl (C=O) groups is 1. The second-order valence-corrected chi connectivity index (χ2v) is 12.2. The molecule has 1 saturated heterocycles. The summed E-state index contributed by atoms with van der Waals surface area (Å²) >= 11 is 7.05. The van der Waals surface area contributed by atoms with Crippen molar-refractivity contribution in [2.45, 2.75) is 38.8 Å². The predicted octanol–water partition coefficient (Wildman–Crippen LogP) is 5.38. The van der Waals surface area contributed by atoms with Crippen molar-refractivity contribution in [1.29, 1.82) is 0 Å². The standard InChI is InChI=1S/C35H34ClF2N7O4/c1-18-21(7-6-10-24(18)41-32-29-27(15-26(42-32)31(37)38)44(2)35(48)45(3)34(29)47)22-8-5-9-23(30(22)36)25-13-11-19(33(43-25)49-4)16-39-17-20-12-14-28(46)40-20/h5-11,13,15,20,31,39H,12,14,16-17H2,1-4H3,(H,40,46)(H,41,42)/t20-/m0/s1. The van der Waals surface area contributed by atoms with E-state index in [-0.39, 0.29) is 28.7 Å². The number of halogens is 3. The van der Waals surface area contributed by atoms with Gasteiger partial charge in [-0.2, -0.15) is 0 Å². The Morgan fingerprint density at radius 1 is 1.02 bits per heavy atom. The van der Waals surface area contributed by atoms with Crippen LogP contribution in [-0.4, -0.2) is 44.7 Å². The minimum Gasteiger partial charge on any atom is -0.481 e. The van der Waals surface area contributed by atoms with Gasteiger partial charge in [0.05, 0.1) is 23.3 Å². The number of rotatable bonds is 10. The van der Waals surface area contributed by atoms with Crippen LogP contribution in [0, 0.1) is 6.92 Å². The van der Waals surface area contributed by atoms with Crippen molar-refractivity contribution >= 4 is 39.9 Å². The van der Waals surface area contributed by atoms with Crippen LogP contribution in [0.25, 0.3) is 33.3 Å². The van der Waals surface area contributed by atoms with Gasteiger partial charge >= 0.3 is 5.69 Å². The van der Waals surface area contributed by atoms with Gasteiger partial charge in [-0.25, -0.2) is 23.5 Å². The van der Waals surface area contributed by atoms with Crippen LogP contribution in [0.4, 0.5) is 20.3 Å². The van der Waals surface area contributed by atoms with Gasteiger partial charge in [0.2, 0.25) is 11.8 Å². The predicted molar refractivity (Wildman–Crippen MR) is 185 cm³/mol. The van der Waals surface area contributed by atoms with E-state index in [1.54, 1.807) is 19.2 Å². The lowest BCUT2D eigenvalue weighted by Gasteiger charge is -2.18. The molecule has 5 aromatic rings. The number of hydrogen-bond acceptors (Lipinski definition) is 8. The summed E-state index contributed by atoms with van der Waals surface area (Å²) < 4.78 is 35.5. The summed E-state index contributed by atoms with van der Waals surface area (Å²) in [4.78, 5) is 46.1. The fourth-order valence-corrected chi connectivity index (χ4v) is 6.41. The Morgan fingerprint density at radius 3 is 2.47 bits per heavy atom. The molecule has 0 radical (unpaired) electrons. The van der Waals surface area contributed by atoms with Crippen LogP contribution >= 0.6 is 11.6 Å². The number of hydrogen-bond donors (Lipinski definition) is 3. The third kappa shape index (κ3) is 6.51. The molecular formula is C35H34ClF2N7O4.